The van der Waals surface area contributed by atoms with Gasteiger partial charge in [0.2, 0.25) is 0 Å². The van der Waals surface area contributed by atoms with Crippen LogP contribution in [0.4, 0.5) is 0 Å². The van der Waals surface area contributed by atoms with E-state index in [0.717, 1.165) is 38.3 Å². The summed E-state index contributed by atoms with van der Waals surface area (Å²) in [6.45, 7) is 4.92. The average Bonchev–Trinajstić information content (AvgIpc) is 2.74. The topological polar surface area (TPSA) is 12.5 Å². The third-order valence-electron chi connectivity index (χ3n) is 5.38. The van der Waals surface area contributed by atoms with Crippen molar-refractivity contribution in [2.45, 2.75) is 26.3 Å². The quantitative estimate of drug-likeness (QED) is 0.501. The molecule has 2 heteroatoms. The van der Waals surface area contributed by atoms with Crippen LogP contribution in [-0.2, 0) is 13.0 Å². The molecule has 29 heavy (non-hydrogen) atoms. The van der Waals surface area contributed by atoms with Gasteiger partial charge in [0.05, 0.1) is 6.61 Å². The van der Waals surface area contributed by atoms with E-state index in [4.69, 9.17) is 4.74 Å². The molecule has 0 radical (unpaired) electrons. The highest BCUT2D eigenvalue weighted by molar-refractivity contribution is 5.66. The van der Waals surface area contributed by atoms with Gasteiger partial charge in [-0.2, -0.15) is 0 Å². The third-order valence-corrected chi connectivity index (χ3v) is 5.38. The van der Waals surface area contributed by atoms with Gasteiger partial charge in [-0.1, -0.05) is 78.4 Å². The van der Waals surface area contributed by atoms with Crippen LogP contribution in [0, 0.1) is 0 Å². The molecule has 3 aromatic carbocycles. The van der Waals surface area contributed by atoms with Crippen LogP contribution in [0.5, 0.6) is 5.75 Å². The van der Waals surface area contributed by atoms with Crippen LogP contribution in [-0.4, -0.2) is 25.1 Å². The largest absolute Gasteiger partial charge is 0.493 e. The molecule has 4 rings (SSSR count). The molecule has 0 saturated heterocycles. The van der Waals surface area contributed by atoms with E-state index in [2.05, 4.69) is 97.7 Å². The maximum absolute atomic E-state index is 5.82. The molecule has 0 saturated carbocycles. The summed E-state index contributed by atoms with van der Waals surface area (Å²) in [5, 5.41) is 0. The van der Waals surface area contributed by atoms with E-state index in [-0.39, 0.29) is 0 Å². The smallest absolute Gasteiger partial charge is 0.122 e. The van der Waals surface area contributed by atoms with Crippen molar-refractivity contribution in [3.63, 3.8) is 0 Å². The van der Waals surface area contributed by atoms with Crippen LogP contribution in [0.15, 0.2) is 78.4 Å². The van der Waals surface area contributed by atoms with Crippen LogP contribution in [0.1, 0.15) is 30.0 Å². The van der Waals surface area contributed by atoms with Crippen molar-refractivity contribution in [1.29, 1.82) is 0 Å². The number of benzene rings is 3. The number of rotatable bonds is 6. The first kappa shape index (κ1) is 19.5. The zero-order chi connectivity index (χ0) is 20.1. The van der Waals surface area contributed by atoms with Gasteiger partial charge < -0.3 is 4.74 Å². The summed E-state index contributed by atoms with van der Waals surface area (Å²) in [6, 6.07) is 26.0. The number of ether oxygens (including phenoxy) is 1. The van der Waals surface area contributed by atoms with E-state index < -0.39 is 0 Å². The molecule has 1 aliphatic rings. The van der Waals surface area contributed by atoms with Gasteiger partial charge in [-0.15, -0.1) is 0 Å². The summed E-state index contributed by atoms with van der Waals surface area (Å²) in [4.78, 5) is 2.36. The number of hydrogen-bond donors (Lipinski definition) is 0. The summed E-state index contributed by atoms with van der Waals surface area (Å²) >= 11 is 0. The zero-order valence-electron chi connectivity index (χ0n) is 17.4. The zero-order valence-corrected chi connectivity index (χ0v) is 17.4. The number of aryl methyl sites for hydroxylation is 1. The fourth-order valence-corrected chi connectivity index (χ4v) is 4.01. The Bertz CT molecular complexity index is 973. The highest BCUT2D eigenvalue weighted by Crippen LogP contribution is 2.26. The van der Waals surface area contributed by atoms with Gasteiger partial charge in [0.15, 0.2) is 0 Å². The first-order chi connectivity index (χ1) is 14.2. The molecular formula is C27H29NO. The van der Waals surface area contributed by atoms with Gasteiger partial charge in [-0.3, -0.25) is 4.90 Å². The molecule has 0 fully saturated rings. The molecule has 0 bridgehead atoms. The molecule has 2 nitrogen and oxygen atoms in total. The van der Waals surface area contributed by atoms with Gasteiger partial charge in [-0.25, -0.2) is 0 Å². The van der Waals surface area contributed by atoms with Crippen LogP contribution in [0.3, 0.4) is 0 Å². The highest BCUT2D eigenvalue weighted by atomic mass is 16.5. The molecule has 0 N–H and O–H groups in total. The lowest BCUT2D eigenvalue weighted by Gasteiger charge is -2.21. The second-order valence-corrected chi connectivity index (χ2v) is 8.05. The molecule has 0 aliphatic carbocycles. The second-order valence-electron chi connectivity index (χ2n) is 8.05. The second kappa shape index (κ2) is 9.11. The summed E-state index contributed by atoms with van der Waals surface area (Å²) in [6.07, 6.45) is 4.54. The maximum Gasteiger partial charge on any atom is 0.122 e. The minimum Gasteiger partial charge on any atom is -0.493 e. The van der Waals surface area contributed by atoms with Gasteiger partial charge in [0.1, 0.15) is 5.75 Å². The van der Waals surface area contributed by atoms with Gasteiger partial charge in [-0.05, 0) is 60.7 Å². The molecule has 1 aliphatic heterocycles. The van der Waals surface area contributed by atoms with Crippen molar-refractivity contribution < 1.29 is 4.74 Å². The van der Waals surface area contributed by atoms with E-state index >= 15 is 0 Å². The lowest BCUT2D eigenvalue weighted by molar-refractivity contribution is 0.287. The van der Waals surface area contributed by atoms with Crippen molar-refractivity contribution in [2.75, 3.05) is 20.2 Å². The first-order valence-corrected chi connectivity index (χ1v) is 10.4. The fraction of sp³-hybridized carbons (Fsp3) is 0.259. The molecular weight excluding hydrogens is 354 g/mol. The Hall–Kier alpha value is -2.84. The number of nitrogens with zero attached hydrogens (tertiary/aromatic N) is 1. The molecule has 0 aromatic heterocycles. The molecule has 0 spiro atoms. The molecule has 148 valence electrons. The Morgan fingerprint density at radius 3 is 2.52 bits per heavy atom. The van der Waals surface area contributed by atoms with Gasteiger partial charge in [0.25, 0.3) is 0 Å². The van der Waals surface area contributed by atoms with Crippen molar-refractivity contribution in [2.24, 2.45) is 0 Å². The van der Waals surface area contributed by atoms with Crippen molar-refractivity contribution in [3.05, 3.63) is 95.1 Å². The van der Waals surface area contributed by atoms with Crippen LogP contribution >= 0.6 is 0 Å². The highest BCUT2D eigenvalue weighted by Gasteiger charge is 2.11. The molecule has 0 amide bonds. The summed E-state index contributed by atoms with van der Waals surface area (Å²) in [5.41, 5.74) is 7.78. The molecule has 1 heterocycles. The number of likely N-dealkylation sites (N-methyl/N-ethyl adjacent to an activating group) is 1. The van der Waals surface area contributed by atoms with E-state index in [1.54, 1.807) is 0 Å². The predicted molar refractivity (Wildman–Crippen MR) is 122 cm³/mol. The third kappa shape index (κ3) is 5.16. The lowest BCUT2D eigenvalue weighted by Crippen LogP contribution is -2.20. The van der Waals surface area contributed by atoms with Crippen LogP contribution < -0.4 is 4.74 Å². The monoisotopic (exact) mass is 383 g/mol. The van der Waals surface area contributed by atoms with Crippen molar-refractivity contribution in [3.8, 4) is 16.9 Å². The Morgan fingerprint density at radius 2 is 1.72 bits per heavy atom. The summed E-state index contributed by atoms with van der Waals surface area (Å²) in [7, 11) is 2.18. The van der Waals surface area contributed by atoms with Crippen molar-refractivity contribution >= 4 is 6.08 Å². The SMILES string of the molecule is C/C(=C\c1ccc(-c2ccccc2)cc1)CN(C)Cc1ccc2c(c1)OCCC2. The maximum atomic E-state index is 5.82. The van der Waals surface area contributed by atoms with Crippen LogP contribution in [0.25, 0.3) is 17.2 Å². The van der Waals surface area contributed by atoms with Gasteiger partial charge >= 0.3 is 0 Å². The molecule has 0 unspecified atom stereocenters. The summed E-state index contributed by atoms with van der Waals surface area (Å²) < 4.78 is 5.82. The summed E-state index contributed by atoms with van der Waals surface area (Å²) in [5.74, 6) is 1.08. The minimum atomic E-state index is 0.844. The van der Waals surface area contributed by atoms with E-state index in [1.807, 2.05) is 0 Å². The van der Waals surface area contributed by atoms with Crippen molar-refractivity contribution in [1.82, 2.24) is 4.90 Å². The fourth-order valence-electron chi connectivity index (χ4n) is 4.01. The Kier molecular flexibility index (Phi) is 6.12. The van der Waals surface area contributed by atoms with E-state index in [1.165, 1.54) is 33.4 Å². The Labute approximate surface area is 174 Å². The predicted octanol–water partition coefficient (Wildman–Crippen LogP) is 6.21. The van der Waals surface area contributed by atoms with Gasteiger partial charge in [0, 0.05) is 13.1 Å². The number of hydrogen-bond acceptors (Lipinski definition) is 2. The normalized spacial score (nSPS) is 13.8. The lowest BCUT2D eigenvalue weighted by atomic mass is 10.0. The number of fused-ring (bicyclic) bond motifs is 1. The van der Waals surface area contributed by atoms with E-state index in [0.29, 0.717) is 0 Å². The average molecular weight is 384 g/mol. The molecule has 3 aromatic rings. The standard InChI is InChI=1S/C27H29NO/c1-21(17-22-10-13-25(14-11-22)24-7-4-3-5-8-24)19-28(2)20-23-12-15-26-9-6-16-29-27(26)18-23/h3-5,7-8,10-15,17-18H,6,9,16,19-20H2,1-2H3/b21-17+. The molecule has 0 atom stereocenters. The first-order valence-electron chi connectivity index (χ1n) is 10.4. The minimum absolute atomic E-state index is 0.844. The van der Waals surface area contributed by atoms with E-state index in [9.17, 15) is 0 Å². The Morgan fingerprint density at radius 1 is 0.966 bits per heavy atom. The Balaban J connectivity index is 1.37. The van der Waals surface area contributed by atoms with Crippen LogP contribution in [0.2, 0.25) is 0 Å².